The molecule has 0 aliphatic heterocycles. The standard InChI is InChI=1S/C15H21N3OS/c1-12(15-17-16-13(2)19-15)20-10-9-18(3)11-14-7-5-4-6-8-14/h4-8,12H,9-11H2,1-3H3/t12-/m1/s1. The van der Waals surface area contributed by atoms with E-state index in [2.05, 4.69) is 53.3 Å². The third kappa shape index (κ3) is 4.65. The number of aryl methyl sites for hydroxylation is 1. The Labute approximate surface area is 124 Å². The van der Waals surface area contributed by atoms with E-state index >= 15 is 0 Å². The van der Waals surface area contributed by atoms with Crippen molar-refractivity contribution in [2.75, 3.05) is 19.3 Å². The summed E-state index contributed by atoms with van der Waals surface area (Å²) in [5.41, 5.74) is 1.35. The lowest BCUT2D eigenvalue weighted by molar-refractivity contribution is 0.348. The van der Waals surface area contributed by atoms with Crippen LogP contribution in [0.5, 0.6) is 0 Å². The Morgan fingerprint density at radius 2 is 2.00 bits per heavy atom. The van der Waals surface area contributed by atoms with Crippen molar-refractivity contribution < 1.29 is 4.42 Å². The van der Waals surface area contributed by atoms with E-state index in [1.807, 2.05) is 24.8 Å². The van der Waals surface area contributed by atoms with Gasteiger partial charge in [-0.2, -0.15) is 0 Å². The maximum Gasteiger partial charge on any atom is 0.229 e. The van der Waals surface area contributed by atoms with Gasteiger partial charge in [-0.3, -0.25) is 0 Å². The second-order valence-corrected chi connectivity index (χ2v) is 6.34. The molecule has 2 aromatic rings. The smallest absolute Gasteiger partial charge is 0.229 e. The molecule has 1 heterocycles. The first-order valence-corrected chi connectivity index (χ1v) is 7.84. The summed E-state index contributed by atoms with van der Waals surface area (Å²) in [7, 11) is 2.15. The van der Waals surface area contributed by atoms with Crippen LogP contribution in [-0.2, 0) is 6.54 Å². The van der Waals surface area contributed by atoms with Crippen LogP contribution in [0.15, 0.2) is 34.7 Å². The van der Waals surface area contributed by atoms with Gasteiger partial charge in [-0.25, -0.2) is 0 Å². The molecule has 0 aliphatic carbocycles. The molecule has 4 nitrogen and oxygen atoms in total. The maximum absolute atomic E-state index is 5.44. The van der Waals surface area contributed by atoms with E-state index in [0.717, 1.165) is 24.7 Å². The average Bonchev–Trinajstić information content (AvgIpc) is 2.86. The molecule has 0 radical (unpaired) electrons. The van der Waals surface area contributed by atoms with Crippen LogP contribution in [0.4, 0.5) is 0 Å². The van der Waals surface area contributed by atoms with E-state index < -0.39 is 0 Å². The monoisotopic (exact) mass is 291 g/mol. The number of hydrogen-bond acceptors (Lipinski definition) is 5. The lowest BCUT2D eigenvalue weighted by atomic mass is 10.2. The van der Waals surface area contributed by atoms with E-state index in [1.165, 1.54) is 5.56 Å². The predicted octanol–water partition coefficient (Wildman–Crippen LogP) is 3.30. The lowest BCUT2D eigenvalue weighted by Gasteiger charge is -2.17. The number of hydrogen-bond donors (Lipinski definition) is 0. The molecule has 1 aromatic carbocycles. The summed E-state index contributed by atoms with van der Waals surface area (Å²) in [5.74, 6) is 2.40. The molecule has 1 aromatic heterocycles. The molecule has 0 bridgehead atoms. The van der Waals surface area contributed by atoms with Gasteiger partial charge in [-0.15, -0.1) is 22.0 Å². The molecule has 0 amide bonds. The minimum atomic E-state index is 0.251. The highest BCUT2D eigenvalue weighted by atomic mass is 32.2. The van der Waals surface area contributed by atoms with Gasteiger partial charge < -0.3 is 9.32 Å². The van der Waals surface area contributed by atoms with Gasteiger partial charge in [0.15, 0.2) is 0 Å². The summed E-state index contributed by atoms with van der Waals surface area (Å²) in [4.78, 5) is 2.33. The van der Waals surface area contributed by atoms with Gasteiger partial charge >= 0.3 is 0 Å². The van der Waals surface area contributed by atoms with Crippen molar-refractivity contribution in [3.8, 4) is 0 Å². The maximum atomic E-state index is 5.44. The second kappa shape index (κ2) is 7.45. The van der Waals surface area contributed by atoms with Gasteiger partial charge in [0, 0.05) is 25.8 Å². The number of benzene rings is 1. The van der Waals surface area contributed by atoms with Gasteiger partial charge in [-0.1, -0.05) is 30.3 Å². The van der Waals surface area contributed by atoms with Crippen molar-refractivity contribution in [1.82, 2.24) is 15.1 Å². The summed E-state index contributed by atoms with van der Waals surface area (Å²) in [6, 6.07) is 10.5. The predicted molar refractivity (Wildman–Crippen MR) is 82.7 cm³/mol. The Morgan fingerprint density at radius 3 is 2.65 bits per heavy atom. The molecule has 0 spiro atoms. The molecular formula is C15H21N3OS. The van der Waals surface area contributed by atoms with Crippen molar-refractivity contribution in [1.29, 1.82) is 0 Å². The summed E-state index contributed by atoms with van der Waals surface area (Å²) in [6.45, 7) is 5.95. The zero-order chi connectivity index (χ0) is 14.4. The number of nitrogens with zero attached hydrogens (tertiary/aromatic N) is 3. The first-order valence-electron chi connectivity index (χ1n) is 6.79. The summed E-state index contributed by atoms with van der Waals surface area (Å²) < 4.78 is 5.44. The molecule has 0 aliphatic rings. The Morgan fingerprint density at radius 1 is 1.25 bits per heavy atom. The third-order valence-corrected chi connectivity index (χ3v) is 4.15. The molecule has 0 fully saturated rings. The van der Waals surface area contributed by atoms with Crippen molar-refractivity contribution >= 4 is 11.8 Å². The van der Waals surface area contributed by atoms with E-state index in [0.29, 0.717) is 5.89 Å². The Kier molecular flexibility index (Phi) is 5.61. The molecule has 0 N–H and O–H groups in total. The fraction of sp³-hybridized carbons (Fsp3) is 0.467. The highest BCUT2D eigenvalue weighted by Gasteiger charge is 2.13. The molecule has 1 atom stereocenters. The second-order valence-electron chi connectivity index (χ2n) is 4.90. The fourth-order valence-corrected chi connectivity index (χ4v) is 2.92. The van der Waals surface area contributed by atoms with E-state index in [1.54, 1.807) is 0 Å². The minimum absolute atomic E-state index is 0.251. The normalized spacial score (nSPS) is 12.8. The van der Waals surface area contributed by atoms with Crippen molar-refractivity contribution in [3.63, 3.8) is 0 Å². The van der Waals surface area contributed by atoms with Gasteiger partial charge in [-0.05, 0) is 19.5 Å². The quantitative estimate of drug-likeness (QED) is 0.783. The SMILES string of the molecule is Cc1nnc([C@@H](C)SCCN(C)Cc2ccccc2)o1. The van der Waals surface area contributed by atoms with E-state index in [4.69, 9.17) is 4.42 Å². The lowest BCUT2D eigenvalue weighted by Crippen LogP contribution is -2.20. The Balaban J connectivity index is 1.70. The molecule has 0 saturated heterocycles. The highest BCUT2D eigenvalue weighted by molar-refractivity contribution is 7.99. The fourth-order valence-electron chi connectivity index (χ4n) is 1.91. The number of thioether (sulfide) groups is 1. The van der Waals surface area contributed by atoms with Crippen LogP contribution in [0.1, 0.15) is 29.5 Å². The molecule has 108 valence electrons. The van der Waals surface area contributed by atoms with Crippen molar-refractivity contribution in [2.45, 2.75) is 25.6 Å². The summed E-state index contributed by atoms with van der Waals surface area (Å²) in [6.07, 6.45) is 0. The largest absolute Gasteiger partial charge is 0.424 e. The summed E-state index contributed by atoms with van der Waals surface area (Å²) in [5, 5.41) is 8.18. The first-order chi connectivity index (χ1) is 9.65. The number of rotatable bonds is 7. The van der Waals surface area contributed by atoms with Crippen LogP contribution < -0.4 is 0 Å². The van der Waals surface area contributed by atoms with Gasteiger partial charge in [0.05, 0.1) is 5.25 Å². The molecule has 5 heteroatoms. The minimum Gasteiger partial charge on any atom is -0.424 e. The van der Waals surface area contributed by atoms with E-state index in [9.17, 15) is 0 Å². The van der Waals surface area contributed by atoms with E-state index in [-0.39, 0.29) is 5.25 Å². The molecule has 0 saturated carbocycles. The van der Waals surface area contributed by atoms with Crippen molar-refractivity contribution in [2.24, 2.45) is 0 Å². The van der Waals surface area contributed by atoms with Crippen molar-refractivity contribution in [3.05, 3.63) is 47.7 Å². The van der Waals surface area contributed by atoms with Crippen LogP contribution in [0.25, 0.3) is 0 Å². The summed E-state index contributed by atoms with van der Waals surface area (Å²) >= 11 is 1.84. The average molecular weight is 291 g/mol. The highest BCUT2D eigenvalue weighted by Crippen LogP contribution is 2.26. The van der Waals surface area contributed by atoms with Gasteiger partial charge in [0.2, 0.25) is 11.8 Å². The van der Waals surface area contributed by atoms with Crippen LogP contribution >= 0.6 is 11.8 Å². The topological polar surface area (TPSA) is 42.2 Å². The first kappa shape index (κ1) is 15.1. The Hall–Kier alpha value is -1.33. The third-order valence-electron chi connectivity index (χ3n) is 3.03. The van der Waals surface area contributed by atoms with Crippen LogP contribution in [0, 0.1) is 6.92 Å². The molecular weight excluding hydrogens is 270 g/mol. The molecule has 20 heavy (non-hydrogen) atoms. The molecule has 0 unspecified atom stereocenters. The number of aromatic nitrogens is 2. The van der Waals surface area contributed by atoms with Crippen LogP contribution in [0.3, 0.4) is 0 Å². The van der Waals surface area contributed by atoms with Crippen LogP contribution in [-0.4, -0.2) is 34.4 Å². The zero-order valence-electron chi connectivity index (χ0n) is 12.2. The van der Waals surface area contributed by atoms with Crippen LogP contribution in [0.2, 0.25) is 0 Å². The zero-order valence-corrected chi connectivity index (χ0v) is 13.1. The Bertz CT molecular complexity index is 515. The molecule has 2 rings (SSSR count). The van der Waals surface area contributed by atoms with Gasteiger partial charge in [0.25, 0.3) is 0 Å². The van der Waals surface area contributed by atoms with Gasteiger partial charge in [0.1, 0.15) is 0 Å².